The molecule has 3 aromatic rings. The van der Waals surface area contributed by atoms with Gasteiger partial charge in [0.1, 0.15) is 5.50 Å². The van der Waals surface area contributed by atoms with Crippen LogP contribution in [0.3, 0.4) is 0 Å². The van der Waals surface area contributed by atoms with E-state index in [-0.39, 0.29) is 10.4 Å². The summed E-state index contributed by atoms with van der Waals surface area (Å²) in [6, 6.07) is 17.1. The third kappa shape index (κ3) is 5.67. The van der Waals surface area contributed by atoms with E-state index >= 15 is 0 Å². The largest absolute Gasteiger partial charge is 0.319 e. The van der Waals surface area contributed by atoms with Crippen LogP contribution in [0, 0.1) is 0 Å². The molecule has 0 saturated heterocycles. The van der Waals surface area contributed by atoms with Crippen LogP contribution in [0.5, 0.6) is 0 Å². The summed E-state index contributed by atoms with van der Waals surface area (Å²) in [5.41, 5.74) is 1.43. The molecule has 3 rings (SSSR count). The monoisotopic (exact) mass is 448 g/mol. The van der Waals surface area contributed by atoms with Crippen molar-refractivity contribution in [2.75, 3.05) is 0 Å². The van der Waals surface area contributed by atoms with E-state index in [0.717, 1.165) is 22.9 Å². The lowest BCUT2D eigenvalue weighted by molar-refractivity contribution is -0.109. The number of benzene rings is 2. The molecule has 3 atom stereocenters. The van der Waals surface area contributed by atoms with Gasteiger partial charge in [-0.3, -0.25) is 4.79 Å². The Morgan fingerprint density at radius 1 is 1.14 bits per heavy atom. The van der Waals surface area contributed by atoms with Crippen molar-refractivity contribution < 1.29 is 4.79 Å². The van der Waals surface area contributed by atoms with Gasteiger partial charge in [-0.2, -0.15) is 12.6 Å². The van der Waals surface area contributed by atoms with Crippen LogP contribution in [0.2, 0.25) is 5.02 Å². The Hall–Kier alpha value is -1.66. The first-order valence-electron chi connectivity index (χ1n) is 8.53. The highest BCUT2D eigenvalue weighted by molar-refractivity contribution is 8.15. The van der Waals surface area contributed by atoms with Gasteiger partial charge in [0, 0.05) is 17.4 Å². The number of carbonyl (C=O) groups is 1. The molecule has 28 heavy (non-hydrogen) atoms. The number of aromatic nitrogens is 2. The highest BCUT2D eigenvalue weighted by Crippen LogP contribution is 2.42. The van der Waals surface area contributed by atoms with Gasteiger partial charge in [-0.05, 0) is 23.3 Å². The van der Waals surface area contributed by atoms with E-state index in [1.165, 1.54) is 0 Å². The molecule has 2 aromatic carbocycles. The van der Waals surface area contributed by atoms with Crippen LogP contribution < -0.4 is 0 Å². The normalized spacial score (nSPS) is 14.7. The number of halogens is 2. The van der Waals surface area contributed by atoms with Crippen molar-refractivity contribution in [3.05, 3.63) is 95.5 Å². The number of carbonyl (C=O) groups excluding carboxylic acids is 1. The second kappa shape index (κ2) is 10.2. The SMILES string of the molecule is O=C(SC(c1ccc(Cl)cc1)C(Cl)n1ccnc1)C(S)C=Cc1ccccc1. The standard InChI is InChI=1S/C21H18Cl2N2OS2/c22-17-9-7-16(8-10-17)19(20(23)25-13-12-24-14-25)28-21(26)18(27)11-6-15-4-2-1-3-5-15/h1-14,18-20,27H. The zero-order valence-corrected chi connectivity index (χ0v) is 18.0. The summed E-state index contributed by atoms with van der Waals surface area (Å²) < 4.78 is 1.77. The van der Waals surface area contributed by atoms with Crippen LogP contribution in [0.25, 0.3) is 6.08 Å². The van der Waals surface area contributed by atoms with Crippen molar-refractivity contribution in [2.45, 2.75) is 16.0 Å². The average Bonchev–Trinajstić information content (AvgIpc) is 3.26. The van der Waals surface area contributed by atoms with Gasteiger partial charge in [-0.15, -0.1) is 0 Å². The van der Waals surface area contributed by atoms with Crippen LogP contribution >= 0.6 is 47.6 Å². The minimum atomic E-state index is -0.549. The second-order valence-corrected chi connectivity index (χ2v) is 8.59. The van der Waals surface area contributed by atoms with Crippen molar-refractivity contribution >= 4 is 58.8 Å². The van der Waals surface area contributed by atoms with Crippen LogP contribution in [-0.2, 0) is 4.79 Å². The number of thioether (sulfide) groups is 1. The molecule has 0 spiro atoms. The second-order valence-electron chi connectivity index (χ2n) is 6.01. The first-order chi connectivity index (χ1) is 13.5. The quantitative estimate of drug-likeness (QED) is 0.340. The van der Waals surface area contributed by atoms with Crippen molar-refractivity contribution in [1.82, 2.24) is 9.55 Å². The van der Waals surface area contributed by atoms with Gasteiger partial charge >= 0.3 is 0 Å². The lowest BCUT2D eigenvalue weighted by Gasteiger charge is -2.23. The molecule has 3 nitrogen and oxygen atoms in total. The summed E-state index contributed by atoms with van der Waals surface area (Å²) in [4.78, 5) is 16.9. The van der Waals surface area contributed by atoms with Crippen molar-refractivity contribution in [2.24, 2.45) is 0 Å². The first-order valence-corrected chi connectivity index (χ1v) is 10.7. The van der Waals surface area contributed by atoms with E-state index < -0.39 is 10.8 Å². The molecule has 0 aliphatic heterocycles. The van der Waals surface area contributed by atoms with E-state index in [2.05, 4.69) is 17.6 Å². The summed E-state index contributed by atoms with van der Waals surface area (Å²) in [6.45, 7) is 0. The molecular weight excluding hydrogens is 431 g/mol. The minimum Gasteiger partial charge on any atom is -0.319 e. The molecule has 0 aliphatic rings. The molecule has 0 saturated carbocycles. The molecular formula is C21H18Cl2N2OS2. The minimum absolute atomic E-state index is 0.0822. The summed E-state index contributed by atoms with van der Waals surface area (Å²) in [7, 11) is 0. The first kappa shape index (κ1) is 21.1. The van der Waals surface area contributed by atoms with E-state index in [0.29, 0.717) is 5.02 Å². The van der Waals surface area contributed by atoms with Crippen LogP contribution in [-0.4, -0.2) is 19.9 Å². The molecule has 0 amide bonds. The Labute approximate surface area is 184 Å². The highest BCUT2D eigenvalue weighted by atomic mass is 35.5. The summed E-state index contributed by atoms with van der Waals surface area (Å²) in [5, 5.41) is -0.321. The van der Waals surface area contributed by atoms with E-state index in [1.807, 2.05) is 48.5 Å². The van der Waals surface area contributed by atoms with E-state index in [9.17, 15) is 4.79 Å². The van der Waals surface area contributed by atoms with Crippen molar-refractivity contribution in [1.29, 1.82) is 0 Å². The molecule has 0 N–H and O–H groups in total. The third-order valence-electron chi connectivity index (χ3n) is 4.01. The summed E-state index contributed by atoms with van der Waals surface area (Å²) in [6.07, 6.45) is 8.75. The number of imidazole rings is 1. The van der Waals surface area contributed by atoms with Gasteiger partial charge < -0.3 is 4.57 Å². The lowest BCUT2D eigenvalue weighted by Crippen LogP contribution is -2.15. The maximum absolute atomic E-state index is 12.8. The zero-order valence-electron chi connectivity index (χ0n) is 14.7. The molecule has 144 valence electrons. The predicted octanol–water partition coefficient (Wildman–Crippen LogP) is 6.29. The third-order valence-corrected chi connectivity index (χ3v) is 6.74. The fourth-order valence-corrected chi connectivity index (χ4v) is 4.37. The van der Waals surface area contributed by atoms with E-state index in [1.54, 1.807) is 41.5 Å². The molecule has 0 aliphatic carbocycles. The fourth-order valence-electron chi connectivity index (χ4n) is 2.55. The summed E-state index contributed by atoms with van der Waals surface area (Å²) in [5.74, 6) is 0. The number of hydrogen-bond acceptors (Lipinski definition) is 4. The van der Waals surface area contributed by atoms with Crippen molar-refractivity contribution in [3.63, 3.8) is 0 Å². The van der Waals surface area contributed by atoms with Gasteiger partial charge in [0.15, 0.2) is 0 Å². The van der Waals surface area contributed by atoms with E-state index in [4.69, 9.17) is 23.2 Å². The molecule has 3 unspecified atom stereocenters. The van der Waals surface area contributed by atoms with Gasteiger partial charge in [0.2, 0.25) is 5.12 Å². The maximum atomic E-state index is 12.8. The van der Waals surface area contributed by atoms with Crippen LogP contribution in [0.1, 0.15) is 21.9 Å². The van der Waals surface area contributed by atoms with Gasteiger partial charge in [0.05, 0.1) is 16.8 Å². The number of alkyl halides is 1. The highest BCUT2D eigenvalue weighted by Gasteiger charge is 2.28. The lowest BCUT2D eigenvalue weighted by atomic mass is 10.1. The number of nitrogens with zero attached hydrogens (tertiary/aromatic N) is 2. The maximum Gasteiger partial charge on any atom is 0.206 e. The smallest absolute Gasteiger partial charge is 0.206 e. The average molecular weight is 449 g/mol. The van der Waals surface area contributed by atoms with Gasteiger partial charge in [-0.25, -0.2) is 4.98 Å². The Morgan fingerprint density at radius 3 is 2.50 bits per heavy atom. The molecule has 1 aromatic heterocycles. The Morgan fingerprint density at radius 2 is 1.86 bits per heavy atom. The number of hydrogen-bond donors (Lipinski definition) is 1. The number of rotatable bonds is 7. The van der Waals surface area contributed by atoms with Gasteiger partial charge in [0.25, 0.3) is 0 Å². The Balaban J connectivity index is 1.77. The number of thiol groups is 1. The topological polar surface area (TPSA) is 34.9 Å². The predicted molar refractivity (Wildman–Crippen MR) is 122 cm³/mol. The Kier molecular flexibility index (Phi) is 7.68. The molecule has 1 heterocycles. The zero-order chi connectivity index (χ0) is 19.9. The van der Waals surface area contributed by atoms with Crippen LogP contribution in [0.4, 0.5) is 0 Å². The van der Waals surface area contributed by atoms with Crippen molar-refractivity contribution in [3.8, 4) is 0 Å². The van der Waals surface area contributed by atoms with Crippen LogP contribution in [0.15, 0.2) is 79.4 Å². The molecule has 0 radical (unpaired) electrons. The molecule has 0 bridgehead atoms. The Bertz CT molecular complexity index is 915. The summed E-state index contributed by atoms with van der Waals surface area (Å²) >= 11 is 18.3. The van der Waals surface area contributed by atoms with Gasteiger partial charge in [-0.1, -0.05) is 89.6 Å². The fraction of sp³-hybridized carbons (Fsp3) is 0.143. The molecule has 7 heteroatoms. The molecule has 0 fully saturated rings.